The number of carbonyl (C=O) groups is 1. The van der Waals surface area contributed by atoms with Crippen LogP contribution in [0.15, 0.2) is 18.2 Å². The number of nitro benzene ring substituents is 1. The second-order valence-corrected chi connectivity index (χ2v) is 5.65. The van der Waals surface area contributed by atoms with Crippen molar-refractivity contribution in [1.29, 1.82) is 0 Å². The van der Waals surface area contributed by atoms with E-state index in [-0.39, 0.29) is 29.2 Å². The standard InChI is InChI=1S/C15H20N2O4/c1-10-3-4-14(17(20)21)13(9-10)15(19)16-7-5-12(6-8-16)11(2)18/h3-4,9,11-12,18H,5-8H2,1-2H3. The summed E-state index contributed by atoms with van der Waals surface area (Å²) in [6.45, 7) is 4.62. The molecule has 1 amide bonds. The average molecular weight is 292 g/mol. The van der Waals surface area contributed by atoms with Gasteiger partial charge in [0.25, 0.3) is 11.6 Å². The highest BCUT2D eigenvalue weighted by Gasteiger charge is 2.29. The molecule has 1 aromatic carbocycles. The van der Waals surface area contributed by atoms with Crippen molar-refractivity contribution in [3.63, 3.8) is 0 Å². The lowest BCUT2D eigenvalue weighted by Gasteiger charge is -2.33. The number of benzene rings is 1. The molecule has 1 N–H and O–H groups in total. The van der Waals surface area contributed by atoms with Crippen LogP contribution in [0.3, 0.4) is 0 Å². The van der Waals surface area contributed by atoms with Crippen LogP contribution in [0, 0.1) is 23.0 Å². The molecule has 6 nitrogen and oxygen atoms in total. The fraction of sp³-hybridized carbons (Fsp3) is 0.533. The Morgan fingerprint density at radius 2 is 2.05 bits per heavy atom. The summed E-state index contributed by atoms with van der Waals surface area (Å²) in [5, 5.41) is 20.6. The third-order valence-electron chi connectivity index (χ3n) is 4.09. The molecule has 1 atom stereocenters. The van der Waals surface area contributed by atoms with Gasteiger partial charge in [0.1, 0.15) is 5.56 Å². The van der Waals surface area contributed by atoms with Gasteiger partial charge in [-0.15, -0.1) is 0 Å². The summed E-state index contributed by atoms with van der Waals surface area (Å²) in [5.74, 6) is -0.101. The molecule has 1 fully saturated rings. The molecule has 21 heavy (non-hydrogen) atoms. The Labute approximate surface area is 123 Å². The van der Waals surface area contributed by atoms with Gasteiger partial charge in [-0.2, -0.15) is 0 Å². The fourth-order valence-corrected chi connectivity index (χ4v) is 2.74. The summed E-state index contributed by atoms with van der Waals surface area (Å²) in [5.41, 5.74) is 0.821. The Morgan fingerprint density at radius 3 is 2.57 bits per heavy atom. The molecule has 0 radical (unpaired) electrons. The molecular weight excluding hydrogens is 272 g/mol. The van der Waals surface area contributed by atoms with Crippen molar-refractivity contribution >= 4 is 11.6 Å². The molecule has 6 heteroatoms. The summed E-state index contributed by atoms with van der Waals surface area (Å²) < 4.78 is 0. The van der Waals surface area contributed by atoms with Crippen LogP contribution in [0.4, 0.5) is 5.69 Å². The van der Waals surface area contributed by atoms with Crippen molar-refractivity contribution in [3.05, 3.63) is 39.4 Å². The third-order valence-corrected chi connectivity index (χ3v) is 4.09. The first-order valence-electron chi connectivity index (χ1n) is 7.12. The van der Waals surface area contributed by atoms with Crippen molar-refractivity contribution < 1.29 is 14.8 Å². The van der Waals surface area contributed by atoms with E-state index < -0.39 is 4.92 Å². The number of likely N-dealkylation sites (tertiary alicyclic amines) is 1. The van der Waals surface area contributed by atoms with Crippen molar-refractivity contribution in [1.82, 2.24) is 4.90 Å². The zero-order valence-electron chi connectivity index (χ0n) is 12.3. The van der Waals surface area contributed by atoms with Gasteiger partial charge in [0.2, 0.25) is 0 Å². The quantitative estimate of drug-likeness (QED) is 0.683. The highest BCUT2D eigenvalue weighted by atomic mass is 16.6. The van der Waals surface area contributed by atoms with Gasteiger partial charge >= 0.3 is 0 Å². The van der Waals surface area contributed by atoms with Crippen LogP contribution in [0.5, 0.6) is 0 Å². The van der Waals surface area contributed by atoms with Gasteiger partial charge in [-0.3, -0.25) is 14.9 Å². The second-order valence-electron chi connectivity index (χ2n) is 5.65. The topological polar surface area (TPSA) is 83.7 Å². The Balaban J connectivity index is 2.18. The first-order chi connectivity index (χ1) is 9.90. The highest BCUT2D eigenvalue weighted by Crippen LogP contribution is 2.25. The summed E-state index contributed by atoms with van der Waals surface area (Å²) in [7, 11) is 0. The summed E-state index contributed by atoms with van der Waals surface area (Å²) in [6.07, 6.45) is 1.07. The Hall–Kier alpha value is -1.95. The molecule has 1 aliphatic heterocycles. The molecule has 114 valence electrons. The molecule has 1 aromatic rings. The summed E-state index contributed by atoms with van der Waals surface area (Å²) in [4.78, 5) is 24.7. The highest BCUT2D eigenvalue weighted by molar-refractivity contribution is 5.98. The SMILES string of the molecule is Cc1ccc([N+](=O)[O-])c(C(=O)N2CCC(C(C)O)CC2)c1. The zero-order valence-corrected chi connectivity index (χ0v) is 12.3. The fourth-order valence-electron chi connectivity index (χ4n) is 2.74. The summed E-state index contributed by atoms with van der Waals surface area (Å²) >= 11 is 0. The molecule has 2 rings (SSSR count). The lowest BCUT2D eigenvalue weighted by molar-refractivity contribution is -0.385. The smallest absolute Gasteiger partial charge is 0.282 e. The van der Waals surface area contributed by atoms with Gasteiger partial charge in [0.05, 0.1) is 11.0 Å². The minimum Gasteiger partial charge on any atom is -0.393 e. The molecule has 0 aliphatic carbocycles. The lowest BCUT2D eigenvalue weighted by Crippen LogP contribution is -2.40. The van der Waals surface area contributed by atoms with E-state index in [1.165, 1.54) is 6.07 Å². The number of aliphatic hydroxyl groups excluding tert-OH is 1. The van der Waals surface area contributed by atoms with E-state index in [0.717, 1.165) is 18.4 Å². The van der Waals surface area contributed by atoms with E-state index in [0.29, 0.717) is 13.1 Å². The molecule has 0 bridgehead atoms. The number of nitrogens with zero attached hydrogens (tertiary/aromatic N) is 2. The van der Waals surface area contributed by atoms with Crippen molar-refractivity contribution in [2.75, 3.05) is 13.1 Å². The van der Waals surface area contributed by atoms with Gasteiger partial charge < -0.3 is 10.0 Å². The number of hydrogen-bond donors (Lipinski definition) is 1. The minimum absolute atomic E-state index is 0.149. The van der Waals surface area contributed by atoms with Gasteiger partial charge in [-0.25, -0.2) is 0 Å². The van der Waals surface area contributed by atoms with Crippen LogP contribution in [0.25, 0.3) is 0 Å². The predicted molar refractivity (Wildman–Crippen MR) is 78.1 cm³/mol. The summed E-state index contributed by atoms with van der Waals surface area (Å²) in [6, 6.07) is 4.58. The van der Waals surface area contributed by atoms with Crippen LogP contribution in [0.1, 0.15) is 35.7 Å². The predicted octanol–water partition coefficient (Wildman–Crippen LogP) is 2.14. The van der Waals surface area contributed by atoms with Gasteiger partial charge in [-0.1, -0.05) is 6.07 Å². The number of aliphatic hydroxyl groups is 1. The number of aryl methyl sites for hydroxylation is 1. The van der Waals surface area contributed by atoms with Crippen molar-refractivity contribution in [2.45, 2.75) is 32.8 Å². The molecular formula is C15H20N2O4. The second kappa shape index (κ2) is 6.22. The zero-order chi connectivity index (χ0) is 15.6. The van der Waals surface area contributed by atoms with Crippen LogP contribution in [-0.2, 0) is 0 Å². The first-order valence-corrected chi connectivity index (χ1v) is 7.12. The van der Waals surface area contributed by atoms with E-state index >= 15 is 0 Å². The number of piperidine rings is 1. The molecule has 1 heterocycles. The molecule has 0 saturated carbocycles. The first kappa shape index (κ1) is 15.4. The van der Waals surface area contributed by atoms with E-state index in [4.69, 9.17) is 0 Å². The van der Waals surface area contributed by atoms with E-state index in [1.807, 2.05) is 0 Å². The Kier molecular flexibility index (Phi) is 4.57. The van der Waals surface area contributed by atoms with E-state index in [2.05, 4.69) is 0 Å². The van der Waals surface area contributed by atoms with Crippen LogP contribution in [0.2, 0.25) is 0 Å². The van der Waals surface area contributed by atoms with Gasteiger partial charge in [-0.05, 0) is 44.2 Å². The van der Waals surface area contributed by atoms with Crippen molar-refractivity contribution in [2.24, 2.45) is 5.92 Å². The molecule has 1 saturated heterocycles. The normalized spacial score (nSPS) is 17.6. The number of rotatable bonds is 3. The maximum absolute atomic E-state index is 12.5. The number of amides is 1. The number of hydrogen-bond acceptors (Lipinski definition) is 4. The van der Waals surface area contributed by atoms with Crippen LogP contribution < -0.4 is 0 Å². The van der Waals surface area contributed by atoms with Gasteiger partial charge in [0, 0.05) is 19.2 Å². The molecule has 0 spiro atoms. The Morgan fingerprint density at radius 1 is 1.43 bits per heavy atom. The third kappa shape index (κ3) is 3.39. The van der Waals surface area contributed by atoms with E-state index in [1.54, 1.807) is 30.9 Å². The molecule has 1 aliphatic rings. The largest absolute Gasteiger partial charge is 0.393 e. The lowest BCUT2D eigenvalue weighted by atomic mass is 9.92. The maximum atomic E-state index is 12.5. The Bertz CT molecular complexity index is 549. The maximum Gasteiger partial charge on any atom is 0.282 e. The van der Waals surface area contributed by atoms with Crippen LogP contribution in [-0.4, -0.2) is 40.0 Å². The van der Waals surface area contributed by atoms with Crippen LogP contribution >= 0.6 is 0 Å². The molecule has 1 unspecified atom stereocenters. The minimum atomic E-state index is -0.519. The number of carbonyl (C=O) groups excluding carboxylic acids is 1. The molecule has 0 aromatic heterocycles. The van der Waals surface area contributed by atoms with E-state index in [9.17, 15) is 20.0 Å². The van der Waals surface area contributed by atoms with Crippen molar-refractivity contribution in [3.8, 4) is 0 Å². The monoisotopic (exact) mass is 292 g/mol. The van der Waals surface area contributed by atoms with Gasteiger partial charge in [0.15, 0.2) is 0 Å². The number of nitro groups is 1. The average Bonchev–Trinajstić information content (AvgIpc) is 2.46.